The molecule has 0 fully saturated rings. The molecule has 0 aliphatic carbocycles. The predicted molar refractivity (Wildman–Crippen MR) is 102 cm³/mol. The molecule has 0 saturated carbocycles. The van der Waals surface area contributed by atoms with E-state index >= 15 is 0 Å². The van der Waals surface area contributed by atoms with Crippen molar-refractivity contribution in [2.24, 2.45) is 5.10 Å². The van der Waals surface area contributed by atoms with Gasteiger partial charge in [-0.3, -0.25) is 5.43 Å². The van der Waals surface area contributed by atoms with Crippen LogP contribution in [0.3, 0.4) is 0 Å². The number of ether oxygens (including phenoxy) is 1. The van der Waals surface area contributed by atoms with Crippen LogP contribution in [0, 0.1) is 0 Å². The standard InChI is InChI=1S/C16H17Cl2N3O2S/c1-10(9-22-2)20-16(24)21-19-8-11-6-7-14(23-11)12-4-3-5-13(17)15(12)18/h3-8,10H,9H2,1-2H3,(H2,20,21,24)/b19-8-/t10-/m0/s1. The topological polar surface area (TPSA) is 58.8 Å². The molecule has 128 valence electrons. The van der Waals surface area contributed by atoms with Gasteiger partial charge in [-0.15, -0.1) is 0 Å². The van der Waals surface area contributed by atoms with Gasteiger partial charge in [0.05, 0.1) is 22.9 Å². The summed E-state index contributed by atoms with van der Waals surface area (Å²) < 4.78 is 10.7. The molecule has 0 aliphatic heterocycles. The van der Waals surface area contributed by atoms with Crippen LogP contribution in [0.25, 0.3) is 11.3 Å². The molecule has 8 heteroatoms. The lowest BCUT2D eigenvalue weighted by Gasteiger charge is -2.13. The molecule has 2 N–H and O–H groups in total. The number of nitrogens with zero attached hydrogens (tertiary/aromatic N) is 1. The molecule has 1 aromatic carbocycles. The molecular formula is C16H17Cl2N3O2S. The van der Waals surface area contributed by atoms with Gasteiger partial charge >= 0.3 is 0 Å². The van der Waals surface area contributed by atoms with E-state index in [9.17, 15) is 0 Å². The first kappa shape index (κ1) is 18.7. The lowest BCUT2D eigenvalue weighted by Crippen LogP contribution is -2.40. The number of halogens is 2. The molecule has 1 aromatic heterocycles. The number of thiocarbonyl (C=S) groups is 1. The highest BCUT2D eigenvalue weighted by atomic mass is 35.5. The quantitative estimate of drug-likeness (QED) is 0.445. The van der Waals surface area contributed by atoms with E-state index in [4.69, 9.17) is 44.6 Å². The van der Waals surface area contributed by atoms with E-state index in [1.807, 2.05) is 19.1 Å². The van der Waals surface area contributed by atoms with Gasteiger partial charge in [-0.1, -0.05) is 29.3 Å². The Morgan fingerprint density at radius 3 is 2.92 bits per heavy atom. The monoisotopic (exact) mass is 385 g/mol. The van der Waals surface area contributed by atoms with E-state index in [0.717, 1.165) is 5.56 Å². The van der Waals surface area contributed by atoms with Crippen molar-refractivity contribution in [3.8, 4) is 11.3 Å². The van der Waals surface area contributed by atoms with E-state index < -0.39 is 0 Å². The van der Waals surface area contributed by atoms with E-state index in [0.29, 0.717) is 33.3 Å². The Hall–Kier alpha value is -1.60. The Morgan fingerprint density at radius 1 is 1.38 bits per heavy atom. The minimum Gasteiger partial charge on any atom is -0.455 e. The number of rotatable bonds is 6. The van der Waals surface area contributed by atoms with Crippen molar-refractivity contribution in [3.05, 3.63) is 46.1 Å². The maximum absolute atomic E-state index is 6.18. The molecule has 0 radical (unpaired) electrons. The van der Waals surface area contributed by atoms with Crippen LogP contribution in [0.4, 0.5) is 0 Å². The zero-order chi connectivity index (χ0) is 17.5. The van der Waals surface area contributed by atoms with Crippen LogP contribution in [-0.4, -0.2) is 31.1 Å². The van der Waals surface area contributed by atoms with Gasteiger partial charge in [0.1, 0.15) is 11.5 Å². The second-order valence-corrected chi connectivity index (χ2v) is 6.20. The largest absolute Gasteiger partial charge is 0.455 e. The fraction of sp³-hybridized carbons (Fsp3) is 0.250. The molecule has 24 heavy (non-hydrogen) atoms. The third-order valence-corrected chi connectivity index (χ3v) is 4.02. The summed E-state index contributed by atoms with van der Waals surface area (Å²) in [6, 6.07) is 9.04. The van der Waals surface area contributed by atoms with Gasteiger partial charge < -0.3 is 14.5 Å². The number of nitrogens with one attached hydrogen (secondary N) is 2. The van der Waals surface area contributed by atoms with Crippen LogP contribution in [-0.2, 0) is 4.74 Å². The lowest BCUT2D eigenvalue weighted by molar-refractivity contribution is 0.179. The second-order valence-electron chi connectivity index (χ2n) is 5.00. The number of hydrogen-bond acceptors (Lipinski definition) is 4. The van der Waals surface area contributed by atoms with Gasteiger partial charge in [-0.25, -0.2) is 0 Å². The van der Waals surface area contributed by atoms with Crippen LogP contribution in [0.15, 0.2) is 39.9 Å². The van der Waals surface area contributed by atoms with Crippen molar-refractivity contribution in [2.45, 2.75) is 13.0 Å². The Balaban J connectivity index is 1.96. The highest BCUT2D eigenvalue weighted by Gasteiger charge is 2.10. The van der Waals surface area contributed by atoms with Crippen molar-refractivity contribution in [3.63, 3.8) is 0 Å². The van der Waals surface area contributed by atoms with Crippen molar-refractivity contribution < 1.29 is 9.15 Å². The lowest BCUT2D eigenvalue weighted by atomic mass is 10.2. The first-order valence-electron chi connectivity index (χ1n) is 7.14. The highest BCUT2D eigenvalue weighted by molar-refractivity contribution is 7.80. The van der Waals surface area contributed by atoms with Gasteiger partial charge in [0.15, 0.2) is 5.11 Å². The SMILES string of the molecule is COC[C@H](C)NC(=S)N/N=C\c1ccc(-c2cccc(Cl)c2Cl)o1. The fourth-order valence-corrected chi connectivity index (χ4v) is 2.61. The molecular weight excluding hydrogens is 369 g/mol. The number of furan rings is 1. The molecule has 2 aromatic rings. The van der Waals surface area contributed by atoms with E-state index in [1.54, 1.807) is 25.3 Å². The molecule has 0 aliphatic rings. The number of hydrogen-bond donors (Lipinski definition) is 2. The Kier molecular flexibility index (Phi) is 7.05. The summed E-state index contributed by atoms with van der Waals surface area (Å²) in [5.41, 5.74) is 3.44. The first-order chi connectivity index (χ1) is 11.5. The van der Waals surface area contributed by atoms with Crippen LogP contribution >= 0.6 is 35.4 Å². The third-order valence-electron chi connectivity index (χ3n) is 3.00. The normalized spacial score (nSPS) is 12.3. The zero-order valence-corrected chi connectivity index (χ0v) is 15.5. The average molecular weight is 386 g/mol. The van der Waals surface area contributed by atoms with Crippen molar-refractivity contribution in [2.75, 3.05) is 13.7 Å². The van der Waals surface area contributed by atoms with Gasteiger partial charge in [-0.2, -0.15) is 5.10 Å². The molecule has 0 amide bonds. The summed E-state index contributed by atoms with van der Waals surface area (Å²) in [5.74, 6) is 1.17. The second kappa shape index (κ2) is 9.03. The van der Waals surface area contributed by atoms with Crippen LogP contribution in [0.5, 0.6) is 0 Å². The summed E-state index contributed by atoms with van der Waals surface area (Å²) in [7, 11) is 1.63. The maximum atomic E-state index is 6.18. The minimum atomic E-state index is 0.0883. The summed E-state index contributed by atoms with van der Waals surface area (Å²) >= 11 is 17.3. The molecule has 0 bridgehead atoms. The summed E-state index contributed by atoms with van der Waals surface area (Å²) in [5, 5.41) is 8.39. The van der Waals surface area contributed by atoms with Gasteiger partial charge in [0.25, 0.3) is 0 Å². The highest BCUT2D eigenvalue weighted by Crippen LogP contribution is 2.34. The van der Waals surface area contributed by atoms with E-state index in [1.165, 1.54) is 6.21 Å². The Bertz CT molecular complexity index is 734. The third kappa shape index (κ3) is 5.21. The zero-order valence-electron chi connectivity index (χ0n) is 13.2. The smallest absolute Gasteiger partial charge is 0.187 e. The van der Waals surface area contributed by atoms with Crippen LogP contribution in [0.2, 0.25) is 10.0 Å². The Labute approximate surface area is 156 Å². The minimum absolute atomic E-state index is 0.0883. The average Bonchev–Trinajstić information content (AvgIpc) is 2.99. The molecule has 2 rings (SSSR count). The van der Waals surface area contributed by atoms with Gasteiger partial charge in [-0.05, 0) is 43.4 Å². The van der Waals surface area contributed by atoms with Crippen LogP contribution in [0.1, 0.15) is 12.7 Å². The van der Waals surface area contributed by atoms with E-state index in [2.05, 4.69) is 15.8 Å². The summed E-state index contributed by atoms with van der Waals surface area (Å²) in [4.78, 5) is 0. The van der Waals surface area contributed by atoms with Crippen molar-refractivity contribution in [1.82, 2.24) is 10.7 Å². The molecule has 0 unspecified atom stereocenters. The van der Waals surface area contributed by atoms with E-state index in [-0.39, 0.29) is 6.04 Å². The number of methoxy groups -OCH3 is 1. The number of benzene rings is 1. The molecule has 0 saturated heterocycles. The maximum Gasteiger partial charge on any atom is 0.187 e. The summed E-state index contributed by atoms with van der Waals surface area (Å²) in [6.07, 6.45) is 1.52. The Morgan fingerprint density at radius 2 is 2.17 bits per heavy atom. The summed E-state index contributed by atoms with van der Waals surface area (Å²) in [6.45, 7) is 2.50. The van der Waals surface area contributed by atoms with Crippen LogP contribution < -0.4 is 10.7 Å². The molecule has 1 heterocycles. The fourth-order valence-electron chi connectivity index (χ4n) is 1.96. The number of hydrazone groups is 1. The van der Waals surface area contributed by atoms with Gasteiger partial charge in [0.2, 0.25) is 0 Å². The first-order valence-corrected chi connectivity index (χ1v) is 8.30. The molecule has 0 spiro atoms. The molecule has 5 nitrogen and oxygen atoms in total. The van der Waals surface area contributed by atoms with Gasteiger partial charge in [0, 0.05) is 18.7 Å². The molecule has 1 atom stereocenters. The van der Waals surface area contributed by atoms with Crippen molar-refractivity contribution >= 4 is 46.7 Å². The predicted octanol–water partition coefficient (Wildman–Crippen LogP) is 4.09. The van der Waals surface area contributed by atoms with Crippen molar-refractivity contribution in [1.29, 1.82) is 0 Å².